The van der Waals surface area contributed by atoms with Gasteiger partial charge >= 0.3 is 0 Å². The smallest absolute Gasteiger partial charge is 0.127 e. The fourth-order valence-electron chi connectivity index (χ4n) is 2.51. The molecule has 0 amide bonds. The molecule has 108 valence electrons. The van der Waals surface area contributed by atoms with Crippen LogP contribution in [0.3, 0.4) is 0 Å². The van der Waals surface area contributed by atoms with Gasteiger partial charge in [0.05, 0.1) is 0 Å². The van der Waals surface area contributed by atoms with Crippen LogP contribution < -0.4 is 0 Å². The minimum Gasteiger partial charge on any atom is -0.127 e. The third-order valence-electron chi connectivity index (χ3n) is 3.58. The standard InChI is InChI=1S/C21H20Si/c1-22(2,3)16-15-21-19-12-8-7-11-18(19)13-14-20(21)17-9-5-4-6-10-17/h4-14H,1-3H3. The van der Waals surface area contributed by atoms with E-state index in [9.17, 15) is 0 Å². The lowest BCUT2D eigenvalue weighted by molar-refractivity contribution is 1.62. The minimum absolute atomic E-state index is 1.16. The van der Waals surface area contributed by atoms with Crippen LogP contribution in [0.2, 0.25) is 19.6 Å². The maximum atomic E-state index is 3.53. The second-order valence-corrected chi connectivity index (χ2v) is 11.3. The molecule has 3 aromatic carbocycles. The van der Waals surface area contributed by atoms with E-state index in [0.717, 1.165) is 5.56 Å². The predicted octanol–water partition coefficient (Wildman–Crippen LogP) is 5.74. The summed E-state index contributed by atoms with van der Waals surface area (Å²) in [5, 5.41) is 2.50. The van der Waals surface area contributed by atoms with E-state index >= 15 is 0 Å². The Labute approximate surface area is 133 Å². The van der Waals surface area contributed by atoms with Crippen molar-refractivity contribution in [3.05, 3.63) is 72.3 Å². The van der Waals surface area contributed by atoms with Crippen molar-refractivity contribution in [1.29, 1.82) is 0 Å². The van der Waals surface area contributed by atoms with E-state index in [1.54, 1.807) is 0 Å². The van der Waals surface area contributed by atoms with Crippen LogP contribution >= 0.6 is 0 Å². The van der Waals surface area contributed by atoms with Gasteiger partial charge < -0.3 is 0 Å². The van der Waals surface area contributed by atoms with E-state index in [1.165, 1.54) is 21.9 Å². The van der Waals surface area contributed by atoms with Crippen LogP contribution in [-0.2, 0) is 0 Å². The van der Waals surface area contributed by atoms with Crippen LogP contribution in [0.25, 0.3) is 21.9 Å². The number of benzene rings is 3. The Morgan fingerprint density at radius 3 is 2.14 bits per heavy atom. The van der Waals surface area contributed by atoms with Gasteiger partial charge in [-0.15, -0.1) is 5.54 Å². The van der Waals surface area contributed by atoms with Gasteiger partial charge in [0.2, 0.25) is 0 Å². The van der Waals surface area contributed by atoms with Gasteiger partial charge in [-0.3, -0.25) is 0 Å². The maximum Gasteiger partial charge on any atom is 0.129 e. The number of fused-ring (bicyclic) bond motifs is 1. The average molecular weight is 300 g/mol. The summed E-state index contributed by atoms with van der Waals surface area (Å²) in [6.45, 7) is 6.86. The first-order valence-corrected chi connectivity index (χ1v) is 11.1. The van der Waals surface area contributed by atoms with Crippen LogP contribution in [0.1, 0.15) is 5.56 Å². The normalized spacial score (nSPS) is 11.0. The molecule has 0 saturated heterocycles. The first-order valence-electron chi connectivity index (χ1n) is 7.65. The molecule has 1 heteroatoms. The average Bonchev–Trinajstić information content (AvgIpc) is 2.52. The summed E-state index contributed by atoms with van der Waals surface area (Å²) in [6.07, 6.45) is 0. The molecule has 0 nitrogen and oxygen atoms in total. The molecule has 0 aliphatic heterocycles. The Morgan fingerprint density at radius 1 is 0.727 bits per heavy atom. The molecule has 0 aromatic heterocycles. The predicted molar refractivity (Wildman–Crippen MR) is 99.6 cm³/mol. The van der Waals surface area contributed by atoms with Gasteiger partial charge in [0.15, 0.2) is 0 Å². The Balaban J connectivity index is 2.30. The Bertz CT molecular complexity index is 859. The lowest BCUT2D eigenvalue weighted by Crippen LogP contribution is -2.16. The molecule has 0 saturated carbocycles. The molecule has 0 bridgehead atoms. The van der Waals surface area contributed by atoms with Crippen LogP contribution in [0, 0.1) is 11.5 Å². The zero-order chi connectivity index (χ0) is 15.6. The monoisotopic (exact) mass is 300 g/mol. The van der Waals surface area contributed by atoms with Gasteiger partial charge in [0.1, 0.15) is 8.07 Å². The lowest BCUT2D eigenvalue weighted by atomic mass is 9.95. The Hall–Kier alpha value is -2.30. The van der Waals surface area contributed by atoms with Crippen molar-refractivity contribution in [2.24, 2.45) is 0 Å². The third kappa shape index (κ3) is 3.13. The molecule has 0 unspecified atom stereocenters. The third-order valence-corrected chi connectivity index (χ3v) is 4.45. The van der Waals surface area contributed by atoms with Gasteiger partial charge in [-0.05, 0) is 21.9 Å². The molecule has 3 rings (SSSR count). The summed E-state index contributed by atoms with van der Waals surface area (Å²) >= 11 is 0. The molecule has 3 aromatic rings. The van der Waals surface area contributed by atoms with Crippen LogP contribution in [0.5, 0.6) is 0 Å². The van der Waals surface area contributed by atoms with Gasteiger partial charge in [0.25, 0.3) is 0 Å². The molecule has 0 heterocycles. The second kappa shape index (κ2) is 5.83. The molecule has 0 fully saturated rings. The second-order valence-electron chi connectivity index (χ2n) is 6.58. The van der Waals surface area contributed by atoms with Crippen LogP contribution in [0.4, 0.5) is 0 Å². The Kier molecular flexibility index (Phi) is 3.87. The van der Waals surface area contributed by atoms with Crippen molar-refractivity contribution >= 4 is 18.8 Å². The maximum absolute atomic E-state index is 3.53. The van der Waals surface area contributed by atoms with Gasteiger partial charge in [-0.25, -0.2) is 0 Å². The first kappa shape index (κ1) is 14.6. The molecule has 0 radical (unpaired) electrons. The summed E-state index contributed by atoms with van der Waals surface area (Å²) < 4.78 is 0. The van der Waals surface area contributed by atoms with E-state index < -0.39 is 8.07 Å². The van der Waals surface area contributed by atoms with Gasteiger partial charge in [-0.2, -0.15) is 0 Å². The van der Waals surface area contributed by atoms with E-state index in [1.807, 2.05) is 0 Å². The molecule has 0 atom stereocenters. The van der Waals surface area contributed by atoms with Crippen molar-refractivity contribution < 1.29 is 0 Å². The summed E-state index contributed by atoms with van der Waals surface area (Å²) in [7, 11) is -1.41. The summed E-state index contributed by atoms with van der Waals surface area (Å²) in [5.74, 6) is 3.51. The molecule has 0 aliphatic rings. The number of hydrogen-bond donors (Lipinski definition) is 0. The summed E-state index contributed by atoms with van der Waals surface area (Å²) in [5.41, 5.74) is 7.15. The van der Waals surface area contributed by atoms with E-state index in [2.05, 4.69) is 97.8 Å². The molecule has 0 spiro atoms. The Morgan fingerprint density at radius 2 is 1.41 bits per heavy atom. The first-order chi connectivity index (χ1) is 10.5. The fourth-order valence-corrected chi connectivity index (χ4v) is 3.01. The fraction of sp³-hybridized carbons (Fsp3) is 0.143. The van der Waals surface area contributed by atoms with Crippen molar-refractivity contribution in [2.45, 2.75) is 19.6 Å². The molecular weight excluding hydrogens is 280 g/mol. The lowest BCUT2D eigenvalue weighted by Gasteiger charge is -2.10. The number of rotatable bonds is 1. The quantitative estimate of drug-likeness (QED) is 0.397. The van der Waals surface area contributed by atoms with Crippen molar-refractivity contribution in [3.63, 3.8) is 0 Å². The number of hydrogen-bond acceptors (Lipinski definition) is 0. The zero-order valence-electron chi connectivity index (χ0n) is 13.4. The molecule has 0 aliphatic carbocycles. The van der Waals surface area contributed by atoms with Gasteiger partial charge in [-0.1, -0.05) is 92.3 Å². The summed E-state index contributed by atoms with van der Waals surface area (Å²) in [6, 6.07) is 23.4. The van der Waals surface area contributed by atoms with Crippen molar-refractivity contribution in [1.82, 2.24) is 0 Å². The minimum atomic E-state index is -1.41. The van der Waals surface area contributed by atoms with Crippen molar-refractivity contribution in [2.75, 3.05) is 0 Å². The SMILES string of the molecule is C[Si](C)(C)C#Cc1c(-c2ccccc2)ccc2ccccc12. The van der Waals surface area contributed by atoms with E-state index in [0.29, 0.717) is 0 Å². The molecular formula is C21H20Si. The van der Waals surface area contributed by atoms with Crippen molar-refractivity contribution in [3.8, 4) is 22.6 Å². The highest BCUT2D eigenvalue weighted by atomic mass is 28.3. The van der Waals surface area contributed by atoms with Crippen LogP contribution in [-0.4, -0.2) is 8.07 Å². The summed E-state index contributed by atoms with van der Waals surface area (Å²) in [4.78, 5) is 0. The highest BCUT2D eigenvalue weighted by Gasteiger charge is 2.10. The van der Waals surface area contributed by atoms with Gasteiger partial charge in [0, 0.05) is 5.56 Å². The largest absolute Gasteiger partial charge is 0.129 e. The van der Waals surface area contributed by atoms with E-state index in [4.69, 9.17) is 0 Å². The topological polar surface area (TPSA) is 0 Å². The molecule has 0 N–H and O–H groups in total. The molecule has 22 heavy (non-hydrogen) atoms. The van der Waals surface area contributed by atoms with Crippen LogP contribution in [0.15, 0.2) is 66.7 Å². The highest BCUT2D eigenvalue weighted by Crippen LogP contribution is 2.29. The highest BCUT2D eigenvalue weighted by molar-refractivity contribution is 6.83. The zero-order valence-corrected chi connectivity index (χ0v) is 14.4. The van der Waals surface area contributed by atoms with E-state index in [-0.39, 0.29) is 0 Å².